The third-order valence-corrected chi connectivity index (χ3v) is 4.35. The van der Waals surface area contributed by atoms with Crippen LogP contribution in [0.3, 0.4) is 0 Å². The molecule has 0 saturated heterocycles. The van der Waals surface area contributed by atoms with E-state index < -0.39 is 16.6 Å². The lowest BCUT2D eigenvalue weighted by Gasteiger charge is -1.90. The first-order valence-electron chi connectivity index (χ1n) is 6.55. The number of nitrogens with zero attached hydrogens (tertiary/aromatic N) is 3. The Hall–Kier alpha value is -2.93. The van der Waals surface area contributed by atoms with E-state index in [1.54, 1.807) is 0 Å². The number of hydrogen-bond acceptors (Lipinski definition) is 6. The predicted molar refractivity (Wildman–Crippen MR) is 78.9 cm³/mol. The van der Waals surface area contributed by atoms with Gasteiger partial charge in [0.25, 0.3) is 0 Å². The fraction of sp³-hybridized carbons (Fsp3) is 0. The van der Waals surface area contributed by atoms with Gasteiger partial charge in [0, 0.05) is 5.56 Å². The van der Waals surface area contributed by atoms with Crippen LogP contribution in [0.5, 0.6) is 5.88 Å². The topological polar surface area (TPSA) is 105 Å². The lowest BCUT2D eigenvalue weighted by molar-refractivity contribution is -0.535. The van der Waals surface area contributed by atoms with Crippen LogP contribution in [0.4, 0.5) is 5.82 Å². The van der Waals surface area contributed by atoms with Crippen LogP contribution in [0.15, 0.2) is 65.3 Å². The molecule has 1 aromatic heterocycles. The molecule has 0 fully saturated rings. The fourth-order valence-corrected chi connectivity index (χ4v) is 2.95. The smallest absolute Gasteiger partial charge is 0.427 e. The molecule has 0 amide bonds. The largest absolute Gasteiger partial charge is 0.850 e. The average Bonchev–Trinajstić information content (AvgIpc) is 3.04. The summed E-state index contributed by atoms with van der Waals surface area (Å²) in [6.07, 6.45) is 0. The number of aromatic nitrogens is 2. The van der Waals surface area contributed by atoms with E-state index in [4.69, 9.17) is 0 Å². The lowest BCUT2D eigenvalue weighted by atomic mass is 10.2. The molecule has 2 aromatic carbocycles. The average molecular weight is 435 g/mol. The van der Waals surface area contributed by atoms with Crippen molar-refractivity contribution in [1.29, 1.82) is 0 Å². The molecule has 7 nitrogen and oxygen atoms in total. The Labute approximate surface area is 147 Å². The number of rotatable bonds is 2. The van der Waals surface area contributed by atoms with E-state index in [1.165, 1.54) is 3.57 Å². The van der Waals surface area contributed by atoms with Crippen LogP contribution in [0.1, 0.15) is 5.56 Å². The third kappa shape index (κ3) is 5.69. The zero-order valence-corrected chi connectivity index (χ0v) is 14.3. The van der Waals surface area contributed by atoms with E-state index in [0.29, 0.717) is 0 Å². The monoisotopic (exact) mass is 435 g/mol. The van der Waals surface area contributed by atoms with Crippen molar-refractivity contribution in [3.05, 3.63) is 79.9 Å². The van der Waals surface area contributed by atoms with E-state index in [1.807, 2.05) is 36.4 Å². The highest BCUT2D eigenvalue weighted by atomic mass is 127. The lowest BCUT2D eigenvalue weighted by Crippen LogP contribution is -3.59. The summed E-state index contributed by atoms with van der Waals surface area (Å²) in [6.45, 7) is 0. The zero-order chi connectivity index (χ0) is 17.2. The Balaban J connectivity index is 0.000000198. The predicted octanol–water partition coefficient (Wildman–Crippen LogP) is -0.994. The van der Waals surface area contributed by atoms with E-state index in [2.05, 4.69) is 49.1 Å². The second kappa shape index (κ2) is 9.26. The SMILES string of the molecule is C(#Cc1ccccc1)[I+]c1ccccc1.O=[N+]([O-])c1nonc1[O-]. The van der Waals surface area contributed by atoms with Gasteiger partial charge in [-0.3, -0.25) is 0 Å². The maximum Gasteiger partial charge on any atom is 0.427 e. The summed E-state index contributed by atoms with van der Waals surface area (Å²) in [7, 11) is 0. The van der Waals surface area contributed by atoms with Crippen molar-refractivity contribution >= 4 is 5.82 Å². The van der Waals surface area contributed by atoms with Crippen LogP contribution in [0.25, 0.3) is 0 Å². The van der Waals surface area contributed by atoms with Gasteiger partial charge in [0.15, 0.2) is 9.08 Å². The number of nitro groups is 1. The molecule has 120 valence electrons. The summed E-state index contributed by atoms with van der Waals surface area (Å²) < 4.78 is 8.41. The van der Waals surface area contributed by atoms with Gasteiger partial charge in [0.2, 0.25) is 3.57 Å². The molecular weight excluding hydrogens is 425 g/mol. The molecule has 8 heteroatoms. The van der Waals surface area contributed by atoms with Crippen molar-refractivity contribution in [2.24, 2.45) is 0 Å². The Kier molecular flexibility index (Phi) is 6.73. The summed E-state index contributed by atoms with van der Waals surface area (Å²) >= 11 is -0.160. The molecule has 3 rings (SSSR count). The maximum atomic E-state index is 10.2. The van der Waals surface area contributed by atoms with E-state index in [-0.39, 0.29) is 21.2 Å². The van der Waals surface area contributed by atoms with Crippen LogP contribution in [-0.4, -0.2) is 15.2 Å². The maximum absolute atomic E-state index is 10.2. The van der Waals surface area contributed by atoms with Gasteiger partial charge in [-0.1, -0.05) is 36.4 Å². The van der Waals surface area contributed by atoms with Crippen LogP contribution < -0.4 is 26.3 Å². The van der Waals surface area contributed by atoms with Crippen LogP contribution in [-0.2, 0) is 0 Å². The van der Waals surface area contributed by atoms with Gasteiger partial charge in [0.05, 0.1) is 0 Å². The van der Waals surface area contributed by atoms with Crippen LogP contribution in [0.2, 0.25) is 0 Å². The van der Waals surface area contributed by atoms with Gasteiger partial charge in [-0.25, -0.2) is 0 Å². The minimum atomic E-state index is -1.06. The number of halogens is 1. The molecule has 0 aliphatic rings. The molecule has 0 saturated carbocycles. The van der Waals surface area contributed by atoms with Gasteiger partial charge < -0.3 is 15.2 Å². The van der Waals surface area contributed by atoms with Gasteiger partial charge in [-0.05, 0) is 40.3 Å². The van der Waals surface area contributed by atoms with Crippen molar-refractivity contribution in [2.75, 3.05) is 0 Å². The molecule has 1 heterocycles. The van der Waals surface area contributed by atoms with E-state index in [0.717, 1.165) is 5.56 Å². The molecule has 0 atom stereocenters. The second-order valence-electron chi connectivity index (χ2n) is 4.13. The Morgan fingerprint density at radius 2 is 1.62 bits per heavy atom. The Bertz CT molecular complexity index is 842. The van der Waals surface area contributed by atoms with Crippen LogP contribution in [0, 0.1) is 23.5 Å². The summed E-state index contributed by atoms with van der Waals surface area (Å²) in [6, 6.07) is 20.6. The molecule has 0 bridgehead atoms. The van der Waals surface area contributed by atoms with Gasteiger partial charge in [0.1, 0.15) is 5.88 Å². The first-order valence-corrected chi connectivity index (χ1v) is 8.71. The first kappa shape index (κ1) is 17.4. The molecule has 0 unspecified atom stereocenters. The van der Waals surface area contributed by atoms with Crippen molar-refractivity contribution in [2.45, 2.75) is 0 Å². The van der Waals surface area contributed by atoms with Crippen LogP contribution >= 0.6 is 0 Å². The highest BCUT2D eigenvalue weighted by molar-refractivity contribution is 5.32. The van der Waals surface area contributed by atoms with Gasteiger partial charge in [-0.15, -0.1) is 4.63 Å². The van der Waals surface area contributed by atoms with Crippen molar-refractivity contribution in [1.82, 2.24) is 10.3 Å². The molecule has 0 aliphatic carbocycles. The quantitative estimate of drug-likeness (QED) is 0.222. The third-order valence-electron chi connectivity index (χ3n) is 2.47. The summed E-state index contributed by atoms with van der Waals surface area (Å²) in [5, 5.41) is 25.2. The second-order valence-corrected chi connectivity index (χ2v) is 6.45. The Morgan fingerprint density at radius 1 is 1.00 bits per heavy atom. The normalized spacial score (nSPS) is 9.17. The standard InChI is InChI=1S/C14H10I.C2HN3O4/c1-3-7-13(8-4-1)11-12-15-14-9-5-2-6-10-14;6-2-1(5(7)8)3-9-4-2/h1-10H;(H,4,6)/q+1;/p-1. The number of hydrogen-bond donors (Lipinski definition) is 0. The summed E-state index contributed by atoms with van der Waals surface area (Å²) in [5.41, 5.74) is 1.10. The minimum absolute atomic E-state index is 0.160. The summed E-state index contributed by atoms with van der Waals surface area (Å²) in [5.74, 6) is 1.26. The van der Waals surface area contributed by atoms with Crippen molar-refractivity contribution in [3.63, 3.8) is 0 Å². The van der Waals surface area contributed by atoms with E-state index in [9.17, 15) is 15.2 Å². The highest BCUT2D eigenvalue weighted by Crippen LogP contribution is 2.14. The zero-order valence-electron chi connectivity index (χ0n) is 12.1. The Morgan fingerprint density at radius 3 is 2.12 bits per heavy atom. The van der Waals surface area contributed by atoms with Gasteiger partial charge in [-0.2, -0.15) is 0 Å². The molecule has 0 N–H and O–H groups in total. The molecule has 0 aliphatic heterocycles. The fourth-order valence-electron chi connectivity index (χ4n) is 1.42. The minimum Gasteiger partial charge on any atom is -0.850 e. The molecule has 0 radical (unpaired) electrons. The van der Waals surface area contributed by atoms with Crippen molar-refractivity contribution < 1.29 is 35.9 Å². The number of benzene rings is 2. The summed E-state index contributed by atoms with van der Waals surface area (Å²) in [4.78, 5) is 8.77. The first-order chi connectivity index (χ1) is 11.7. The van der Waals surface area contributed by atoms with Crippen molar-refractivity contribution in [3.8, 4) is 15.7 Å². The molecule has 3 aromatic rings. The highest BCUT2D eigenvalue weighted by Gasteiger charge is 2.12. The molecule has 24 heavy (non-hydrogen) atoms. The van der Waals surface area contributed by atoms with E-state index >= 15 is 0 Å². The van der Waals surface area contributed by atoms with Gasteiger partial charge >= 0.3 is 27.0 Å². The molecule has 0 spiro atoms. The molecular formula is C16H10IN3O4.